The molecule has 6 heteroatoms. The highest BCUT2D eigenvalue weighted by Crippen LogP contribution is 2.27. The van der Waals surface area contributed by atoms with E-state index < -0.39 is 5.54 Å². The minimum Gasteiger partial charge on any atom is -0.349 e. The fourth-order valence-electron chi connectivity index (χ4n) is 3.56. The largest absolute Gasteiger partial charge is 0.349 e. The zero-order valence-corrected chi connectivity index (χ0v) is 16.7. The molecule has 4 amide bonds. The lowest BCUT2D eigenvalue weighted by atomic mass is 9.88. The molecule has 1 unspecified atom stereocenters. The molecule has 0 saturated carbocycles. The highest BCUT2D eigenvalue weighted by molar-refractivity contribution is 6.06. The first-order valence-electron chi connectivity index (χ1n) is 9.78. The van der Waals surface area contributed by atoms with Gasteiger partial charge in [0.25, 0.3) is 5.91 Å². The zero-order valence-electron chi connectivity index (χ0n) is 16.7. The van der Waals surface area contributed by atoms with Crippen molar-refractivity contribution in [2.45, 2.75) is 65.0 Å². The molecule has 1 aliphatic heterocycles. The zero-order chi connectivity index (χ0) is 20.0. The van der Waals surface area contributed by atoms with Crippen molar-refractivity contribution in [2.75, 3.05) is 6.54 Å². The number of imide groups is 1. The number of benzene rings is 1. The molecule has 1 aliphatic rings. The number of hydrogen-bond acceptors (Lipinski definition) is 3. The van der Waals surface area contributed by atoms with Gasteiger partial charge >= 0.3 is 6.03 Å². The van der Waals surface area contributed by atoms with Crippen LogP contribution in [0.2, 0.25) is 0 Å². The van der Waals surface area contributed by atoms with Crippen LogP contribution in [0.5, 0.6) is 0 Å². The molecule has 1 saturated heterocycles. The van der Waals surface area contributed by atoms with Crippen LogP contribution in [0.3, 0.4) is 0 Å². The predicted octanol–water partition coefficient (Wildman–Crippen LogP) is 3.39. The van der Waals surface area contributed by atoms with Gasteiger partial charge < -0.3 is 10.6 Å². The number of carbonyl (C=O) groups is 3. The second-order valence-corrected chi connectivity index (χ2v) is 7.65. The average Bonchev–Trinajstić information content (AvgIpc) is 2.84. The van der Waals surface area contributed by atoms with E-state index >= 15 is 0 Å². The highest BCUT2D eigenvalue weighted by atomic mass is 16.2. The van der Waals surface area contributed by atoms with Crippen molar-refractivity contribution < 1.29 is 14.4 Å². The molecule has 0 radical (unpaired) electrons. The van der Waals surface area contributed by atoms with E-state index in [2.05, 4.69) is 24.5 Å². The van der Waals surface area contributed by atoms with E-state index in [1.54, 1.807) is 13.8 Å². The summed E-state index contributed by atoms with van der Waals surface area (Å²) in [5.74, 6) is 0.0669. The van der Waals surface area contributed by atoms with E-state index in [4.69, 9.17) is 0 Å². The Balaban J connectivity index is 1.92. The number of nitrogens with one attached hydrogen (secondary N) is 2. The Labute approximate surface area is 161 Å². The number of urea groups is 1. The Bertz CT molecular complexity index is 669. The molecule has 1 aromatic rings. The lowest BCUT2D eigenvalue weighted by Crippen LogP contribution is -2.40. The van der Waals surface area contributed by atoms with Crippen molar-refractivity contribution in [3.8, 4) is 0 Å². The number of rotatable bonds is 9. The van der Waals surface area contributed by atoms with Gasteiger partial charge in [0, 0.05) is 13.0 Å². The SMILES string of the molecule is CCC(CC)C(NC(=O)CCCN1C(=O)NC(C)(C)C1=O)c1ccccc1. The molecule has 1 aromatic carbocycles. The topological polar surface area (TPSA) is 78.5 Å². The third-order valence-corrected chi connectivity index (χ3v) is 5.23. The first-order valence-corrected chi connectivity index (χ1v) is 9.78. The van der Waals surface area contributed by atoms with Crippen LogP contribution >= 0.6 is 0 Å². The third kappa shape index (κ3) is 5.08. The molecule has 1 fully saturated rings. The molecule has 1 atom stereocenters. The van der Waals surface area contributed by atoms with Crippen molar-refractivity contribution in [2.24, 2.45) is 5.92 Å². The minimum atomic E-state index is -0.868. The standard InChI is InChI=1S/C21H31N3O3/c1-5-15(6-2)18(16-11-8-7-9-12-16)22-17(25)13-10-14-24-19(26)21(3,4)23-20(24)27/h7-9,11-12,15,18H,5-6,10,13-14H2,1-4H3,(H,22,25)(H,23,27). The van der Waals surface area contributed by atoms with Crippen LogP contribution in [0.25, 0.3) is 0 Å². The average molecular weight is 373 g/mol. The van der Waals surface area contributed by atoms with E-state index in [0.717, 1.165) is 18.4 Å². The fraction of sp³-hybridized carbons (Fsp3) is 0.571. The van der Waals surface area contributed by atoms with E-state index in [1.807, 2.05) is 30.3 Å². The summed E-state index contributed by atoms with van der Waals surface area (Å²) in [7, 11) is 0. The first-order chi connectivity index (χ1) is 12.8. The van der Waals surface area contributed by atoms with Gasteiger partial charge in [-0.05, 0) is 31.7 Å². The fourth-order valence-corrected chi connectivity index (χ4v) is 3.56. The lowest BCUT2D eigenvalue weighted by molar-refractivity contribution is -0.130. The Kier molecular flexibility index (Phi) is 6.99. The molecule has 0 spiro atoms. The highest BCUT2D eigenvalue weighted by Gasteiger charge is 2.43. The minimum absolute atomic E-state index is 0.0237. The molecular formula is C21H31N3O3. The molecular weight excluding hydrogens is 342 g/mol. The summed E-state index contributed by atoms with van der Waals surface area (Å²) in [4.78, 5) is 37.8. The normalized spacial score (nSPS) is 17.1. The van der Waals surface area contributed by atoms with Crippen LogP contribution in [-0.2, 0) is 9.59 Å². The van der Waals surface area contributed by atoms with Gasteiger partial charge in [-0.1, -0.05) is 57.0 Å². The smallest absolute Gasteiger partial charge is 0.325 e. The molecule has 6 nitrogen and oxygen atoms in total. The summed E-state index contributed by atoms with van der Waals surface area (Å²) in [5.41, 5.74) is 0.239. The summed E-state index contributed by atoms with van der Waals surface area (Å²) >= 11 is 0. The summed E-state index contributed by atoms with van der Waals surface area (Å²) in [5, 5.41) is 5.81. The van der Waals surface area contributed by atoms with E-state index in [0.29, 0.717) is 12.3 Å². The molecule has 1 heterocycles. The Morgan fingerprint density at radius 3 is 2.30 bits per heavy atom. The van der Waals surface area contributed by atoms with Crippen LogP contribution in [0.15, 0.2) is 30.3 Å². The Morgan fingerprint density at radius 1 is 1.15 bits per heavy atom. The van der Waals surface area contributed by atoms with Gasteiger partial charge in [-0.25, -0.2) is 4.79 Å². The molecule has 0 aromatic heterocycles. The van der Waals surface area contributed by atoms with Crippen molar-refractivity contribution >= 4 is 17.8 Å². The predicted molar refractivity (Wildman–Crippen MR) is 105 cm³/mol. The van der Waals surface area contributed by atoms with Gasteiger partial charge in [-0.15, -0.1) is 0 Å². The second kappa shape index (κ2) is 9.02. The maximum absolute atomic E-state index is 12.5. The van der Waals surface area contributed by atoms with Crippen LogP contribution in [0.1, 0.15) is 65.0 Å². The summed E-state index contributed by atoms with van der Waals surface area (Å²) < 4.78 is 0. The van der Waals surface area contributed by atoms with Crippen LogP contribution in [0.4, 0.5) is 4.79 Å². The Hall–Kier alpha value is -2.37. The quantitative estimate of drug-likeness (QED) is 0.651. The van der Waals surface area contributed by atoms with Crippen molar-refractivity contribution in [1.29, 1.82) is 0 Å². The van der Waals surface area contributed by atoms with E-state index in [1.165, 1.54) is 4.90 Å². The summed E-state index contributed by atoms with van der Waals surface area (Å²) in [6, 6.07) is 9.60. The van der Waals surface area contributed by atoms with Crippen LogP contribution in [-0.4, -0.2) is 34.8 Å². The maximum atomic E-state index is 12.5. The second-order valence-electron chi connectivity index (χ2n) is 7.65. The lowest BCUT2D eigenvalue weighted by Gasteiger charge is -2.27. The van der Waals surface area contributed by atoms with Crippen molar-refractivity contribution in [1.82, 2.24) is 15.5 Å². The molecule has 0 bridgehead atoms. The molecule has 0 aliphatic carbocycles. The van der Waals surface area contributed by atoms with Gasteiger partial charge in [0.15, 0.2) is 0 Å². The number of hydrogen-bond donors (Lipinski definition) is 2. The Morgan fingerprint density at radius 2 is 1.78 bits per heavy atom. The van der Waals surface area contributed by atoms with Gasteiger partial charge in [0.2, 0.25) is 5.91 Å². The van der Waals surface area contributed by atoms with E-state index in [-0.39, 0.29) is 36.9 Å². The molecule has 27 heavy (non-hydrogen) atoms. The van der Waals surface area contributed by atoms with Crippen LogP contribution in [0, 0.1) is 5.92 Å². The first kappa shape index (κ1) is 20.9. The monoisotopic (exact) mass is 373 g/mol. The third-order valence-electron chi connectivity index (χ3n) is 5.23. The molecule has 2 rings (SSSR count). The number of carbonyl (C=O) groups excluding carboxylic acids is 3. The van der Waals surface area contributed by atoms with Gasteiger partial charge in [-0.3, -0.25) is 14.5 Å². The maximum Gasteiger partial charge on any atom is 0.325 e. The number of amides is 4. The summed E-state index contributed by atoms with van der Waals surface area (Å²) in [6.07, 6.45) is 2.69. The van der Waals surface area contributed by atoms with Crippen molar-refractivity contribution in [3.05, 3.63) is 35.9 Å². The van der Waals surface area contributed by atoms with E-state index in [9.17, 15) is 14.4 Å². The summed E-state index contributed by atoms with van der Waals surface area (Å²) in [6.45, 7) is 7.88. The van der Waals surface area contributed by atoms with Gasteiger partial charge in [0.1, 0.15) is 5.54 Å². The number of nitrogens with zero attached hydrogens (tertiary/aromatic N) is 1. The molecule has 2 N–H and O–H groups in total. The van der Waals surface area contributed by atoms with Gasteiger partial charge in [0.05, 0.1) is 6.04 Å². The van der Waals surface area contributed by atoms with Crippen molar-refractivity contribution in [3.63, 3.8) is 0 Å². The van der Waals surface area contributed by atoms with Gasteiger partial charge in [-0.2, -0.15) is 0 Å². The van der Waals surface area contributed by atoms with Crippen LogP contribution < -0.4 is 10.6 Å². The molecule has 148 valence electrons.